The summed E-state index contributed by atoms with van der Waals surface area (Å²) in [6.45, 7) is 11.7. The SMILES string of the molecule is CCNCC[Si](C)(C)C.[H-].[Li+]. The van der Waals surface area contributed by atoms with Crippen molar-refractivity contribution >= 4 is 8.07 Å². The van der Waals surface area contributed by atoms with Crippen LogP contribution in [0.3, 0.4) is 0 Å². The molecule has 0 radical (unpaired) electrons. The smallest absolute Gasteiger partial charge is 1.00 e. The number of rotatable bonds is 4. The summed E-state index contributed by atoms with van der Waals surface area (Å²) in [5, 5.41) is 3.34. The van der Waals surface area contributed by atoms with Crippen molar-refractivity contribution < 1.29 is 20.3 Å². The average molecular weight is 153 g/mol. The second-order valence-corrected chi connectivity index (χ2v) is 9.29. The zero-order valence-electron chi connectivity index (χ0n) is 9.12. The third kappa shape index (κ3) is 11.6. The van der Waals surface area contributed by atoms with Crippen molar-refractivity contribution in [3.8, 4) is 0 Å². The second kappa shape index (κ2) is 6.48. The van der Waals surface area contributed by atoms with Gasteiger partial charge in [0.25, 0.3) is 0 Å². The van der Waals surface area contributed by atoms with E-state index in [1.165, 1.54) is 12.6 Å². The van der Waals surface area contributed by atoms with Crippen LogP contribution in [0, 0.1) is 0 Å². The maximum atomic E-state index is 3.34. The molecular weight excluding hydrogens is 133 g/mol. The van der Waals surface area contributed by atoms with Crippen LogP contribution in [0.15, 0.2) is 0 Å². The minimum atomic E-state index is -0.757. The predicted molar refractivity (Wildman–Crippen MR) is 47.8 cm³/mol. The van der Waals surface area contributed by atoms with Crippen molar-refractivity contribution in [1.29, 1.82) is 0 Å². The molecule has 58 valence electrons. The summed E-state index contributed by atoms with van der Waals surface area (Å²) in [6, 6.07) is 1.40. The van der Waals surface area contributed by atoms with Crippen molar-refractivity contribution in [3.05, 3.63) is 0 Å². The topological polar surface area (TPSA) is 12.0 Å². The van der Waals surface area contributed by atoms with E-state index in [9.17, 15) is 0 Å². The number of nitrogens with one attached hydrogen (secondary N) is 1. The van der Waals surface area contributed by atoms with Gasteiger partial charge in [0.15, 0.2) is 0 Å². The molecule has 0 heterocycles. The molecule has 0 saturated heterocycles. The summed E-state index contributed by atoms with van der Waals surface area (Å²) < 4.78 is 0. The van der Waals surface area contributed by atoms with Gasteiger partial charge in [-0.15, -0.1) is 0 Å². The van der Waals surface area contributed by atoms with E-state index >= 15 is 0 Å². The fourth-order valence-electron chi connectivity index (χ4n) is 0.640. The second-order valence-electron chi connectivity index (χ2n) is 3.66. The Bertz CT molecular complexity index is 75.3. The van der Waals surface area contributed by atoms with E-state index in [0.717, 1.165) is 6.54 Å². The molecule has 0 aliphatic carbocycles. The fraction of sp³-hybridized carbons (Fsp3) is 1.00. The van der Waals surface area contributed by atoms with Gasteiger partial charge in [-0.25, -0.2) is 0 Å². The Morgan fingerprint density at radius 1 is 1.30 bits per heavy atom. The molecule has 0 saturated carbocycles. The first kappa shape index (κ1) is 13.4. The number of hydrogen-bond donors (Lipinski definition) is 1. The summed E-state index contributed by atoms with van der Waals surface area (Å²) in [5.74, 6) is 0. The summed E-state index contributed by atoms with van der Waals surface area (Å²) in [7, 11) is -0.757. The van der Waals surface area contributed by atoms with E-state index in [2.05, 4.69) is 31.9 Å². The van der Waals surface area contributed by atoms with Gasteiger partial charge >= 0.3 is 18.9 Å². The molecule has 0 aromatic rings. The molecule has 0 bridgehead atoms. The third-order valence-corrected chi connectivity index (χ3v) is 3.05. The molecule has 1 N–H and O–H groups in total. The summed E-state index contributed by atoms with van der Waals surface area (Å²) >= 11 is 0. The van der Waals surface area contributed by atoms with Gasteiger partial charge < -0.3 is 6.74 Å². The summed E-state index contributed by atoms with van der Waals surface area (Å²) in [4.78, 5) is 0. The maximum Gasteiger partial charge on any atom is 1.00 e. The van der Waals surface area contributed by atoms with Gasteiger partial charge in [-0.2, -0.15) is 0 Å². The van der Waals surface area contributed by atoms with E-state index in [4.69, 9.17) is 0 Å². The van der Waals surface area contributed by atoms with Crippen LogP contribution in [0.1, 0.15) is 8.35 Å². The Balaban J connectivity index is -0.000000320. The van der Waals surface area contributed by atoms with E-state index in [1.807, 2.05) is 0 Å². The van der Waals surface area contributed by atoms with Crippen LogP contribution in [0.2, 0.25) is 25.7 Å². The van der Waals surface area contributed by atoms with Crippen molar-refractivity contribution in [3.63, 3.8) is 0 Å². The van der Waals surface area contributed by atoms with E-state index in [-0.39, 0.29) is 20.3 Å². The molecule has 0 aromatic heterocycles. The molecule has 0 rings (SSSR count). The molecule has 0 aromatic carbocycles. The van der Waals surface area contributed by atoms with Crippen LogP contribution >= 0.6 is 0 Å². The number of hydrogen-bond acceptors (Lipinski definition) is 1. The van der Waals surface area contributed by atoms with Crippen LogP contribution in [0.25, 0.3) is 0 Å². The first-order chi connectivity index (χ1) is 4.06. The molecule has 3 heteroatoms. The first-order valence-electron chi connectivity index (χ1n) is 3.77. The monoisotopic (exact) mass is 153 g/mol. The fourth-order valence-corrected chi connectivity index (χ4v) is 1.57. The first-order valence-corrected chi connectivity index (χ1v) is 7.47. The van der Waals surface area contributed by atoms with E-state index in [1.54, 1.807) is 0 Å². The molecule has 0 unspecified atom stereocenters. The normalized spacial score (nSPS) is 10.8. The standard InChI is InChI=1S/C7H19NSi.Li.H/c1-5-8-6-7-9(2,3)4;;/h8H,5-7H2,1-4H3;;/q;+1;-1. The van der Waals surface area contributed by atoms with Gasteiger partial charge in [0.05, 0.1) is 0 Å². The molecule has 10 heavy (non-hydrogen) atoms. The molecule has 0 aliphatic heterocycles. The van der Waals surface area contributed by atoms with Crippen LogP contribution in [-0.4, -0.2) is 21.2 Å². The summed E-state index contributed by atoms with van der Waals surface area (Å²) in [5.41, 5.74) is 0. The third-order valence-electron chi connectivity index (χ3n) is 1.30. The van der Waals surface area contributed by atoms with Gasteiger partial charge in [0.2, 0.25) is 0 Å². The Morgan fingerprint density at radius 2 is 1.80 bits per heavy atom. The molecule has 0 spiro atoms. The minimum Gasteiger partial charge on any atom is -1.00 e. The van der Waals surface area contributed by atoms with Crippen LogP contribution in [0.4, 0.5) is 0 Å². The Labute approximate surface area is 79.6 Å². The van der Waals surface area contributed by atoms with Gasteiger partial charge in [0.1, 0.15) is 0 Å². The van der Waals surface area contributed by atoms with Crippen molar-refractivity contribution in [2.24, 2.45) is 0 Å². The Hall–Kier alpha value is 0.774. The van der Waals surface area contributed by atoms with Gasteiger partial charge in [-0.05, 0) is 19.1 Å². The minimum absolute atomic E-state index is 0. The van der Waals surface area contributed by atoms with Gasteiger partial charge in [-0.3, -0.25) is 0 Å². The van der Waals surface area contributed by atoms with Gasteiger partial charge in [0, 0.05) is 8.07 Å². The Morgan fingerprint density at radius 3 is 2.10 bits per heavy atom. The molecule has 0 atom stereocenters. The Kier molecular flexibility index (Phi) is 8.67. The molecular formula is C7H20LiNSi. The van der Waals surface area contributed by atoms with Crippen molar-refractivity contribution in [2.75, 3.05) is 13.1 Å². The van der Waals surface area contributed by atoms with E-state index in [0.29, 0.717) is 0 Å². The molecule has 0 fully saturated rings. The maximum absolute atomic E-state index is 3.34. The van der Waals surface area contributed by atoms with Crippen molar-refractivity contribution in [1.82, 2.24) is 5.32 Å². The zero-order chi connectivity index (χ0) is 7.33. The van der Waals surface area contributed by atoms with Crippen LogP contribution in [0.5, 0.6) is 0 Å². The average Bonchev–Trinajstić information content (AvgIpc) is 1.63. The molecule has 0 aliphatic rings. The van der Waals surface area contributed by atoms with Crippen molar-refractivity contribution in [2.45, 2.75) is 32.6 Å². The van der Waals surface area contributed by atoms with Crippen LogP contribution in [-0.2, 0) is 0 Å². The largest absolute Gasteiger partial charge is 1.00 e. The van der Waals surface area contributed by atoms with Gasteiger partial charge in [-0.1, -0.05) is 26.6 Å². The quantitative estimate of drug-likeness (QED) is 0.406. The van der Waals surface area contributed by atoms with E-state index < -0.39 is 8.07 Å². The molecule has 1 nitrogen and oxygen atoms in total. The molecule has 0 amide bonds. The predicted octanol–water partition coefficient (Wildman–Crippen LogP) is -0.949. The summed E-state index contributed by atoms with van der Waals surface area (Å²) in [6.07, 6.45) is 0. The van der Waals surface area contributed by atoms with Crippen LogP contribution < -0.4 is 24.2 Å². The zero-order valence-corrected chi connectivity index (χ0v) is 9.12.